The van der Waals surface area contributed by atoms with Crippen molar-refractivity contribution in [2.45, 2.75) is 38.6 Å². The number of benzene rings is 2. The monoisotopic (exact) mass is 334 g/mol. The van der Waals surface area contributed by atoms with E-state index in [1.165, 1.54) is 5.56 Å². The van der Waals surface area contributed by atoms with Gasteiger partial charge < -0.3 is 9.80 Å². The molecule has 0 saturated carbocycles. The summed E-state index contributed by atoms with van der Waals surface area (Å²) in [6, 6.07) is 15.9. The molecule has 2 heterocycles. The topological polar surface area (TPSA) is 40.6 Å². The summed E-state index contributed by atoms with van der Waals surface area (Å²) in [7, 11) is 0. The summed E-state index contributed by atoms with van der Waals surface area (Å²) >= 11 is 0. The van der Waals surface area contributed by atoms with Gasteiger partial charge in [0.25, 0.3) is 0 Å². The lowest BCUT2D eigenvalue weighted by molar-refractivity contribution is -0.124. The van der Waals surface area contributed by atoms with Gasteiger partial charge >= 0.3 is 0 Å². The molecule has 0 spiro atoms. The second-order valence-corrected chi connectivity index (χ2v) is 7.48. The lowest BCUT2D eigenvalue weighted by Gasteiger charge is -2.26. The number of amides is 2. The molecular weight excluding hydrogens is 312 g/mol. The summed E-state index contributed by atoms with van der Waals surface area (Å²) in [4.78, 5) is 29.5. The third-order valence-corrected chi connectivity index (χ3v) is 5.42. The molecule has 4 rings (SSSR count). The minimum absolute atomic E-state index is 0.0119. The Morgan fingerprint density at radius 3 is 2.48 bits per heavy atom. The molecule has 25 heavy (non-hydrogen) atoms. The maximum Gasteiger partial charge on any atom is 0.247 e. The number of hydrogen-bond acceptors (Lipinski definition) is 2. The fourth-order valence-corrected chi connectivity index (χ4v) is 4.11. The molecule has 0 fully saturated rings. The first kappa shape index (κ1) is 15.9. The van der Waals surface area contributed by atoms with Crippen molar-refractivity contribution >= 4 is 23.2 Å². The highest BCUT2D eigenvalue weighted by atomic mass is 16.2. The molecule has 1 atom stereocenters. The van der Waals surface area contributed by atoms with Gasteiger partial charge in [0.05, 0.1) is 5.41 Å². The molecule has 0 aromatic heterocycles. The molecule has 2 amide bonds. The van der Waals surface area contributed by atoms with E-state index in [9.17, 15) is 9.59 Å². The smallest absolute Gasteiger partial charge is 0.247 e. The molecule has 4 heteroatoms. The van der Waals surface area contributed by atoms with Crippen LogP contribution in [0.3, 0.4) is 0 Å². The minimum Gasteiger partial charge on any atom is -0.307 e. The third kappa shape index (κ3) is 2.28. The van der Waals surface area contributed by atoms with Crippen molar-refractivity contribution in [1.82, 2.24) is 0 Å². The number of nitrogens with zero attached hydrogens (tertiary/aromatic N) is 2. The van der Waals surface area contributed by atoms with Crippen molar-refractivity contribution in [2.24, 2.45) is 0 Å². The number of anilines is 2. The lowest BCUT2D eigenvalue weighted by atomic mass is 9.86. The number of carbonyl (C=O) groups is 2. The van der Waals surface area contributed by atoms with E-state index in [1.54, 1.807) is 4.90 Å². The summed E-state index contributed by atoms with van der Waals surface area (Å²) in [6.45, 7) is 5.98. The molecule has 0 N–H and O–H groups in total. The molecular formula is C21H22N2O2. The first-order valence-corrected chi connectivity index (χ1v) is 8.72. The fourth-order valence-electron chi connectivity index (χ4n) is 4.11. The summed E-state index contributed by atoms with van der Waals surface area (Å²) in [5.74, 6) is -0.0412. The molecule has 2 aromatic carbocycles. The Labute approximate surface area is 148 Å². The van der Waals surface area contributed by atoms with Crippen molar-refractivity contribution in [3.63, 3.8) is 0 Å². The van der Waals surface area contributed by atoms with Gasteiger partial charge in [-0.3, -0.25) is 9.59 Å². The molecule has 0 aliphatic carbocycles. The van der Waals surface area contributed by atoms with Gasteiger partial charge in [-0.25, -0.2) is 0 Å². The van der Waals surface area contributed by atoms with Crippen LogP contribution in [-0.4, -0.2) is 24.4 Å². The van der Waals surface area contributed by atoms with Crippen molar-refractivity contribution in [1.29, 1.82) is 0 Å². The molecule has 0 saturated heterocycles. The zero-order valence-corrected chi connectivity index (χ0v) is 14.8. The van der Waals surface area contributed by atoms with E-state index in [-0.39, 0.29) is 24.4 Å². The van der Waals surface area contributed by atoms with E-state index in [0.29, 0.717) is 0 Å². The average Bonchev–Trinajstić information content (AvgIpc) is 3.02. The maximum absolute atomic E-state index is 13.1. The zero-order chi connectivity index (χ0) is 17.8. The van der Waals surface area contributed by atoms with E-state index in [2.05, 4.69) is 13.0 Å². The maximum atomic E-state index is 13.1. The second-order valence-electron chi connectivity index (χ2n) is 7.48. The van der Waals surface area contributed by atoms with Crippen LogP contribution in [0.1, 0.15) is 31.9 Å². The molecule has 2 aliphatic rings. The Bertz CT molecular complexity index is 872. The van der Waals surface area contributed by atoms with Crippen LogP contribution >= 0.6 is 0 Å². The molecule has 0 unspecified atom stereocenters. The number of carbonyl (C=O) groups excluding carboxylic acids is 2. The van der Waals surface area contributed by atoms with Crippen LogP contribution < -0.4 is 9.80 Å². The van der Waals surface area contributed by atoms with Crippen LogP contribution in [-0.2, 0) is 21.4 Å². The van der Waals surface area contributed by atoms with E-state index in [4.69, 9.17) is 0 Å². The number of rotatable bonds is 2. The predicted molar refractivity (Wildman–Crippen MR) is 98.9 cm³/mol. The van der Waals surface area contributed by atoms with Crippen molar-refractivity contribution in [3.05, 3.63) is 59.7 Å². The van der Waals surface area contributed by atoms with E-state index >= 15 is 0 Å². The van der Waals surface area contributed by atoms with Gasteiger partial charge in [0, 0.05) is 17.4 Å². The van der Waals surface area contributed by atoms with Gasteiger partial charge in [0.1, 0.15) is 6.54 Å². The van der Waals surface area contributed by atoms with Gasteiger partial charge in [-0.05, 0) is 50.5 Å². The lowest BCUT2D eigenvalue weighted by Crippen LogP contribution is -2.46. The fraction of sp³-hybridized carbons (Fsp3) is 0.333. The molecule has 0 radical (unpaired) electrons. The summed E-state index contributed by atoms with van der Waals surface area (Å²) in [5.41, 5.74) is 3.41. The first-order valence-electron chi connectivity index (χ1n) is 8.72. The van der Waals surface area contributed by atoms with Gasteiger partial charge in [-0.2, -0.15) is 0 Å². The van der Waals surface area contributed by atoms with Crippen LogP contribution in [0.5, 0.6) is 0 Å². The molecule has 2 aromatic rings. The van der Waals surface area contributed by atoms with E-state index in [0.717, 1.165) is 23.4 Å². The molecule has 4 nitrogen and oxygen atoms in total. The summed E-state index contributed by atoms with van der Waals surface area (Å²) in [6.07, 6.45) is 0.859. The quantitative estimate of drug-likeness (QED) is 0.845. The average molecular weight is 334 g/mol. The Hall–Kier alpha value is -2.62. The van der Waals surface area contributed by atoms with Crippen LogP contribution in [0.25, 0.3) is 0 Å². The zero-order valence-electron chi connectivity index (χ0n) is 14.8. The highest BCUT2D eigenvalue weighted by Gasteiger charge is 2.45. The SMILES string of the molecule is C[C@@H]1Cc2ccccc2N1C(=O)CN1C(=O)C(C)(C)c2ccccc21. The highest BCUT2D eigenvalue weighted by molar-refractivity contribution is 6.12. The molecule has 128 valence electrons. The van der Waals surface area contributed by atoms with Crippen molar-refractivity contribution in [2.75, 3.05) is 16.3 Å². The molecule has 2 aliphatic heterocycles. The van der Waals surface area contributed by atoms with Crippen molar-refractivity contribution in [3.8, 4) is 0 Å². The molecule has 0 bridgehead atoms. The number of para-hydroxylation sites is 2. The Balaban J connectivity index is 1.65. The standard InChI is InChI=1S/C21H22N2O2/c1-14-12-15-8-4-6-10-17(15)23(14)19(24)13-22-18-11-7-5-9-16(18)21(2,3)20(22)25/h4-11,14H,12-13H2,1-3H3/t14-/m1/s1. The van der Waals surface area contributed by atoms with E-state index in [1.807, 2.05) is 61.2 Å². The number of fused-ring (bicyclic) bond motifs is 2. The summed E-state index contributed by atoms with van der Waals surface area (Å²) in [5, 5.41) is 0. The van der Waals surface area contributed by atoms with Crippen LogP contribution in [0.15, 0.2) is 48.5 Å². The third-order valence-electron chi connectivity index (χ3n) is 5.42. The minimum atomic E-state index is -0.592. The Morgan fingerprint density at radius 1 is 1.08 bits per heavy atom. The Morgan fingerprint density at radius 2 is 1.72 bits per heavy atom. The van der Waals surface area contributed by atoms with Gasteiger partial charge in [-0.1, -0.05) is 36.4 Å². The predicted octanol–water partition coefficient (Wildman–Crippen LogP) is 3.29. The van der Waals surface area contributed by atoms with Crippen LogP contribution in [0, 0.1) is 0 Å². The largest absolute Gasteiger partial charge is 0.307 e. The van der Waals surface area contributed by atoms with Crippen molar-refractivity contribution < 1.29 is 9.59 Å². The van der Waals surface area contributed by atoms with Crippen LogP contribution in [0.4, 0.5) is 11.4 Å². The van der Waals surface area contributed by atoms with E-state index < -0.39 is 5.41 Å². The highest BCUT2D eigenvalue weighted by Crippen LogP contribution is 2.41. The van der Waals surface area contributed by atoms with Crippen LogP contribution in [0.2, 0.25) is 0 Å². The van der Waals surface area contributed by atoms with Gasteiger partial charge in [0.2, 0.25) is 11.8 Å². The normalized spacial score (nSPS) is 20.6. The second kappa shape index (κ2) is 5.45. The van der Waals surface area contributed by atoms with Gasteiger partial charge in [0.15, 0.2) is 0 Å². The number of hydrogen-bond donors (Lipinski definition) is 0. The Kier molecular flexibility index (Phi) is 3.46. The van der Waals surface area contributed by atoms with Gasteiger partial charge in [-0.15, -0.1) is 0 Å². The summed E-state index contributed by atoms with van der Waals surface area (Å²) < 4.78 is 0. The first-order chi connectivity index (χ1) is 11.9.